The van der Waals surface area contributed by atoms with E-state index in [1.165, 1.54) is 11.3 Å². The number of rotatable bonds is 5. The van der Waals surface area contributed by atoms with Crippen molar-refractivity contribution in [2.45, 2.75) is 19.5 Å². The zero-order chi connectivity index (χ0) is 14.0. The summed E-state index contributed by atoms with van der Waals surface area (Å²) in [6, 6.07) is -1.08. The summed E-state index contributed by atoms with van der Waals surface area (Å²) in [5, 5.41) is 18.4. The van der Waals surface area contributed by atoms with Crippen LogP contribution in [0.5, 0.6) is 0 Å². The minimum Gasteiger partial charge on any atom is -0.480 e. The van der Waals surface area contributed by atoms with Crippen LogP contribution in [0.25, 0.3) is 0 Å². The molecule has 0 aliphatic carbocycles. The van der Waals surface area contributed by atoms with Crippen LogP contribution in [0.4, 0.5) is 5.13 Å². The van der Waals surface area contributed by atoms with Crippen LogP contribution >= 0.6 is 11.3 Å². The molecule has 0 bridgehead atoms. The minimum absolute atomic E-state index is 0.364. The van der Waals surface area contributed by atoms with E-state index in [4.69, 9.17) is 10.8 Å². The van der Waals surface area contributed by atoms with Gasteiger partial charge in [0, 0.05) is 30.2 Å². The molecule has 0 saturated carbocycles. The smallest absolute Gasteiger partial charge is 0.326 e. The molecule has 2 rings (SSSR count). The highest BCUT2D eigenvalue weighted by Crippen LogP contribution is 2.20. The van der Waals surface area contributed by atoms with Gasteiger partial charge in [-0.05, 0) is 6.92 Å². The van der Waals surface area contributed by atoms with E-state index in [2.05, 4.69) is 15.4 Å². The Labute approximate surface area is 114 Å². The number of nitrogens with zero attached hydrogens (tertiary/aromatic N) is 3. The Morgan fingerprint density at radius 3 is 3.00 bits per heavy atom. The largest absolute Gasteiger partial charge is 0.480 e. The van der Waals surface area contributed by atoms with Gasteiger partial charge in [-0.3, -0.25) is 9.48 Å². The molecule has 7 nitrogen and oxygen atoms in total. The van der Waals surface area contributed by atoms with Crippen molar-refractivity contribution in [3.05, 3.63) is 28.5 Å². The van der Waals surface area contributed by atoms with Gasteiger partial charge in [-0.1, -0.05) is 0 Å². The van der Waals surface area contributed by atoms with E-state index in [9.17, 15) is 4.79 Å². The first-order chi connectivity index (χ1) is 8.99. The molecule has 0 saturated heterocycles. The number of aliphatic carboxylic acids is 1. The van der Waals surface area contributed by atoms with Crippen LogP contribution in [0.2, 0.25) is 0 Å². The average molecular weight is 281 g/mol. The van der Waals surface area contributed by atoms with Crippen LogP contribution < -0.4 is 11.1 Å². The van der Waals surface area contributed by atoms with Gasteiger partial charge in [0.1, 0.15) is 6.04 Å². The van der Waals surface area contributed by atoms with E-state index in [0.29, 0.717) is 17.4 Å². The Hall–Kier alpha value is -1.93. The second-order valence-corrected chi connectivity index (χ2v) is 4.98. The third kappa shape index (κ3) is 2.91. The summed E-state index contributed by atoms with van der Waals surface area (Å²) in [7, 11) is 1.88. The van der Waals surface area contributed by atoms with Crippen molar-refractivity contribution in [2.24, 2.45) is 12.8 Å². The lowest BCUT2D eigenvalue weighted by atomic mass is 10.2. The Balaban J connectivity index is 2.01. The van der Waals surface area contributed by atoms with Crippen LogP contribution in [0.1, 0.15) is 23.0 Å². The number of hydrogen-bond acceptors (Lipinski definition) is 6. The van der Waals surface area contributed by atoms with E-state index in [1.807, 2.05) is 14.0 Å². The lowest BCUT2D eigenvalue weighted by Gasteiger charge is -2.03. The highest BCUT2D eigenvalue weighted by atomic mass is 32.1. The molecule has 0 aliphatic heterocycles. The van der Waals surface area contributed by atoms with Gasteiger partial charge in [0.25, 0.3) is 0 Å². The molecule has 0 amide bonds. The molecule has 0 fully saturated rings. The Bertz CT molecular complexity index is 592. The summed E-state index contributed by atoms with van der Waals surface area (Å²) in [5.41, 5.74) is 8.00. The number of aryl methyl sites for hydroxylation is 1. The normalized spacial score (nSPS) is 12.4. The fourth-order valence-electron chi connectivity index (χ4n) is 1.53. The molecular weight excluding hydrogens is 266 g/mol. The predicted molar refractivity (Wildman–Crippen MR) is 71.9 cm³/mol. The van der Waals surface area contributed by atoms with Crippen molar-refractivity contribution in [3.8, 4) is 0 Å². The minimum atomic E-state index is -1.08. The second kappa shape index (κ2) is 5.37. The zero-order valence-electron chi connectivity index (χ0n) is 10.6. The molecule has 1 atom stereocenters. The SMILES string of the molecule is Cc1c(CNc2nc(C(N)C(=O)O)cs2)cnn1C. The Morgan fingerprint density at radius 2 is 2.42 bits per heavy atom. The highest BCUT2D eigenvalue weighted by molar-refractivity contribution is 7.13. The molecule has 2 heterocycles. The molecule has 2 aromatic heterocycles. The molecule has 2 aromatic rings. The van der Waals surface area contributed by atoms with Gasteiger partial charge in [0.15, 0.2) is 5.13 Å². The first kappa shape index (κ1) is 13.5. The summed E-state index contributed by atoms with van der Waals surface area (Å²) in [6.07, 6.45) is 1.79. The number of carbonyl (C=O) groups is 1. The maximum atomic E-state index is 10.7. The Morgan fingerprint density at radius 1 is 1.68 bits per heavy atom. The fraction of sp³-hybridized carbons (Fsp3) is 0.364. The van der Waals surface area contributed by atoms with Gasteiger partial charge in [0.05, 0.1) is 11.9 Å². The molecule has 102 valence electrons. The maximum Gasteiger partial charge on any atom is 0.326 e. The standard InChI is InChI=1S/C11H15N5O2S/c1-6-7(4-14-16(6)2)3-13-11-15-8(5-19-11)9(12)10(17)18/h4-5,9H,3,12H2,1-2H3,(H,13,15)(H,17,18). The number of anilines is 1. The molecule has 0 aromatic carbocycles. The van der Waals surface area contributed by atoms with E-state index < -0.39 is 12.0 Å². The summed E-state index contributed by atoms with van der Waals surface area (Å²) in [4.78, 5) is 14.9. The molecule has 0 radical (unpaired) electrons. The van der Waals surface area contributed by atoms with E-state index >= 15 is 0 Å². The second-order valence-electron chi connectivity index (χ2n) is 4.13. The van der Waals surface area contributed by atoms with Gasteiger partial charge >= 0.3 is 5.97 Å². The molecule has 4 N–H and O–H groups in total. The third-order valence-electron chi connectivity index (χ3n) is 2.87. The lowest BCUT2D eigenvalue weighted by Crippen LogP contribution is -2.20. The van der Waals surface area contributed by atoms with Crippen molar-refractivity contribution in [1.29, 1.82) is 0 Å². The molecular formula is C11H15N5O2S. The van der Waals surface area contributed by atoms with Crippen LogP contribution in [0.15, 0.2) is 11.6 Å². The van der Waals surface area contributed by atoms with Crippen molar-refractivity contribution >= 4 is 22.4 Å². The third-order valence-corrected chi connectivity index (χ3v) is 3.69. The van der Waals surface area contributed by atoms with Crippen molar-refractivity contribution in [3.63, 3.8) is 0 Å². The number of hydrogen-bond donors (Lipinski definition) is 3. The first-order valence-electron chi connectivity index (χ1n) is 5.64. The summed E-state index contributed by atoms with van der Waals surface area (Å²) in [5.74, 6) is -1.08. The van der Waals surface area contributed by atoms with Crippen molar-refractivity contribution in [1.82, 2.24) is 14.8 Å². The van der Waals surface area contributed by atoms with Gasteiger partial charge in [-0.2, -0.15) is 5.10 Å². The topological polar surface area (TPSA) is 106 Å². The zero-order valence-corrected chi connectivity index (χ0v) is 11.4. The number of carboxylic acid groups (broad SMARTS) is 1. The Kier molecular flexibility index (Phi) is 3.82. The van der Waals surface area contributed by atoms with Crippen LogP contribution in [0.3, 0.4) is 0 Å². The number of aromatic nitrogens is 3. The first-order valence-corrected chi connectivity index (χ1v) is 6.52. The predicted octanol–water partition coefficient (Wildman–Crippen LogP) is 0.882. The maximum absolute atomic E-state index is 10.7. The number of thiazole rings is 1. The van der Waals surface area contributed by atoms with Crippen LogP contribution in [0, 0.1) is 6.92 Å². The fourth-order valence-corrected chi connectivity index (χ4v) is 2.27. The van der Waals surface area contributed by atoms with E-state index in [0.717, 1.165) is 11.3 Å². The number of nitrogens with one attached hydrogen (secondary N) is 1. The lowest BCUT2D eigenvalue weighted by molar-refractivity contribution is -0.138. The number of carboxylic acids is 1. The van der Waals surface area contributed by atoms with Crippen LogP contribution in [-0.2, 0) is 18.4 Å². The molecule has 19 heavy (non-hydrogen) atoms. The molecule has 0 aliphatic rings. The van der Waals surface area contributed by atoms with Gasteiger partial charge in [-0.15, -0.1) is 11.3 Å². The number of nitrogens with two attached hydrogens (primary N) is 1. The molecule has 8 heteroatoms. The van der Waals surface area contributed by atoms with Gasteiger partial charge in [-0.25, -0.2) is 4.98 Å². The van der Waals surface area contributed by atoms with Crippen molar-refractivity contribution < 1.29 is 9.90 Å². The quantitative estimate of drug-likeness (QED) is 0.751. The summed E-state index contributed by atoms with van der Waals surface area (Å²) in [6.45, 7) is 2.58. The summed E-state index contributed by atoms with van der Waals surface area (Å²) >= 11 is 1.33. The highest BCUT2D eigenvalue weighted by Gasteiger charge is 2.17. The molecule has 1 unspecified atom stereocenters. The van der Waals surface area contributed by atoms with Gasteiger partial charge < -0.3 is 16.2 Å². The van der Waals surface area contributed by atoms with E-state index in [1.54, 1.807) is 16.3 Å². The van der Waals surface area contributed by atoms with Crippen LogP contribution in [-0.4, -0.2) is 25.8 Å². The monoisotopic (exact) mass is 281 g/mol. The van der Waals surface area contributed by atoms with Crippen molar-refractivity contribution in [2.75, 3.05) is 5.32 Å². The van der Waals surface area contributed by atoms with Gasteiger partial charge in [0.2, 0.25) is 0 Å². The van der Waals surface area contributed by atoms with E-state index in [-0.39, 0.29) is 0 Å². The molecule has 0 spiro atoms. The summed E-state index contributed by atoms with van der Waals surface area (Å²) < 4.78 is 1.80. The average Bonchev–Trinajstić information content (AvgIpc) is 2.96.